The van der Waals surface area contributed by atoms with E-state index in [2.05, 4.69) is 29.2 Å². The van der Waals surface area contributed by atoms with Crippen LogP contribution in [-0.2, 0) is 6.54 Å². The molecular weight excluding hydrogens is 186 g/mol. The minimum Gasteiger partial charge on any atom is -0.367 e. The molecule has 1 aromatic heterocycles. The molecule has 0 spiro atoms. The number of hydrogen-bond donors (Lipinski definition) is 2. The Morgan fingerprint density at radius 3 is 2.93 bits per heavy atom. The molecule has 0 aliphatic heterocycles. The Bertz CT molecular complexity index is 281. The molecule has 1 aliphatic carbocycles. The largest absolute Gasteiger partial charge is 0.367 e. The smallest absolute Gasteiger partial charge is 0.0249 e. The summed E-state index contributed by atoms with van der Waals surface area (Å²) in [5.41, 5.74) is 7.50. The molecule has 2 atom stereocenters. The Labute approximate surface area is 91.7 Å². The van der Waals surface area contributed by atoms with Gasteiger partial charge in [0.15, 0.2) is 0 Å². The molecule has 15 heavy (non-hydrogen) atoms. The SMILES string of the molecule is CN(Cc1cc[nH]c1)C1CCCCC1N. The molecule has 1 aromatic rings. The lowest BCUT2D eigenvalue weighted by molar-refractivity contribution is 0.162. The molecule has 1 fully saturated rings. The number of aromatic amines is 1. The number of rotatable bonds is 3. The summed E-state index contributed by atoms with van der Waals surface area (Å²) in [5, 5.41) is 0. The van der Waals surface area contributed by atoms with Crippen LogP contribution in [0, 0.1) is 0 Å². The fourth-order valence-electron chi connectivity index (χ4n) is 2.55. The predicted molar refractivity (Wildman–Crippen MR) is 62.5 cm³/mol. The summed E-state index contributed by atoms with van der Waals surface area (Å²) in [7, 11) is 2.18. The summed E-state index contributed by atoms with van der Waals surface area (Å²) in [4.78, 5) is 5.49. The highest BCUT2D eigenvalue weighted by Gasteiger charge is 2.25. The van der Waals surface area contributed by atoms with Gasteiger partial charge in [-0.3, -0.25) is 4.90 Å². The van der Waals surface area contributed by atoms with E-state index >= 15 is 0 Å². The zero-order chi connectivity index (χ0) is 10.7. The first-order valence-electron chi connectivity index (χ1n) is 5.85. The molecule has 0 radical (unpaired) electrons. The number of likely N-dealkylation sites (N-methyl/N-ethyl adjacent to an activating group) is 1. The van der Waals surface area contributed by atoms with Crippen LogP contribution in [0.4, 0.5) is 0 Å². The van der Waals surface area contributed by atoms with E-state index in [1.165, 1.54) is 31.2 Å². The maximum atomic E-state index is 6.16. The molecule has 0 aromatic carbocycles. The second-order valence-corrected chi connectivity index (χ2v) is 4.65. The van der Waals surface area contributed by atoms with Crippen LogP contribution in [0.15, 0.2) is 18.5 Å². The van der Waals surface area contributed by atoms with Gasteiger partial charge in [-0.1, -0.05) is 12.8 Å². The van der Waals surface area contributed by atoms with Gasteiger partial charge in [0.25, 0.3) is 0 Å². The maximum absolute atomic E-state index is 6.16. The average molecular weight is 207 g/mol. The van der Waals surface area contributed by atoms with E-state index in [-0.39, 0.29) is 0 Å². The highest BCUT2D eigenvalue weighted by Crippen LogP contribution is 2.22. The topological polar surface area (TPSA) is 45.0 Å². The predicted octanol–water partition coefficient (Wildman–Crippen LogP) is 1.72. The quantitative estimate of drug-likeness (QED) is 0.792. The van der Waals surface area contributed by atoms with Crippen molar-refractivity contribution in [1.82, 2.24) is 9.88 Å². The Hall–Kier alpha value is -0.800. The van der Waals surface area contributed by atoms with Crippen molar-refractivity contribution < 1.29 is 0 Å². The van der Waals surface area contributed by atoms with Crippen LogP contribution in [0.3, 0.4) is 0 Å². The number of aromatic nitrogens is 1. The lowest BCUT2D eigenvalue weighted by atomic mass is 9.90. The third kappa shape index (κ3) is 2.61. The fourth-order valence-corrected chi connectivity index (χ4v) is 2.55. The van der Waals surface area contributed by atoms with Crippen molar-refractivity contribution in [1.29, 1.82) is 0 Å². The highest BCUT2D eigenvalue weighted by atomic mass is 15.1. The number of H-pyrrole nitrogens is 1. The first-order chi connectivity index (χ1) is 7.27. The van der Waals surface area contributed by atoms with E-state index in [4.69, 9.17) is 5.73 Å². The molecule has 1 heterocycles. The Kier molecular flexibility index (Phi) is 3.44. The van der Waals surface area contributed by atoms with Crippen molar-refractivity contribution in [3.05, 3.63) is 24.0 Å². The maximum Gasteiger partial charge on any atom is 0.0249 e. The molecule has 3 heteroatoms. The van der Waals surface area contributed by atoms with Crippen LogP contribution in [0.1, 0.15) is 31.2 Å². The van der Waals surface area contributed by atoms with Gasteiger partial charge in [0.1, 0.15) is 0 Å². The van der Waals surface area contributed by atoms with Gasteiger partial charge in [-0.2, -0.15) is 0 Å². The minimum absolute atomic E-state index is 0.364. The standard InChI is InChI=1S/C12H21N3/c1-15(9-10-6-7-14-8-10)12-5-3-2-4-11(12)13/h6-8,11-12,14H,2-5,9,13H2,1H3. The van der Waals surface area contributed by atoms with Crippen LogP contribution in [-0.4, -0.2) is 29.0 Å². The van der Waals surface area contributed by atoms with E-state index < -0.39 is 0 Å². The number of nitrogens with zero attached hydrogens (tertiary/aromatic N) is 1. The molecule has 1 saturated carbocycles. The van der Waals surface area contributed by atoms with E-state index in [0.29, 0.717) is 12.1 Å². The molecule has 0 amide bonds. The Balaban J connectivity index is 1.91. The third-order valence-corrected chi connectivity index (χ3v) is 3.44. The van der Waals surface area contributed by atoms with Crippen molar-refractivity contribution in [3.8, 4) is 0 Å². The molecule has 0 bridgehead atoms. The molecule has 0 saturated heterocycles. The van der Waals surface area contributed by atoms with Gasteiger partial charge < -0.3 is 10.7 Å². The Morgan fingerprint density at radius 1 is 1.47 bits per heavy atom. The second kappa shape index (κ2) is 4.81. The first kappa shape index (κ1) is 10.7. The van der Waals surface area contributed by atoms with Crippen molar-refractivity contribution >= 4 is 0 Å². The summed E-state index contributed by atoms with van der Waals surface area (Å²) in [5.74, 6) is 0. The molecule has 84 valence electrons. The number of hydrogen-bond acceptors (Lipinski definition) is 2. The van der Waals surface area contributed by atoms with E-state index in [1.54, 1.807) is 0 Å². The van der Waals surface area contributed by atoms with Gasteiger partial charge in [-0.25, -0.2) is 0 Å². The summed E-state index contributed by atoms with van der Waals surface area (Å²) >= 11 is 0. The summed E-state index contributed by atoms with van der Waals surface area (Å²) in [6.07, 6.45) is 9.10. The van der Waals surface area contributed by atoms with Crippen LogP contribution >= 0.6 is 0 Å². The van der Waals surface area contributed by atoms with Gasteiger partial charge in [-0.05, 0) is 31.5 Å². The fraction of sp³-hybridized carbons (Fsp3) is 0.667. The van der Waals surface area contributed by atoms with E-state index in [9.17, 15) is 0 Å². The van der Waals surface area contributed by atoms with Crippen molar-refractivity contribution in [2.24, 2.45) is 5.73 Å². The highest BCUT2D eigenvalue weighted by molar-refractivity contribution is 5.08. The lowest BCUT2D eigenvalue weighted by Gasteiger charge is -2.35. The number of nitrogens with one attached hydrogen (secondary N) is 1. The zero-order valence-electron chi connectivity index (χ0n) is 9.45. The van der Waals surface area contributed by atoms with E-state index in [0.717, 1.165) is 6.54 Å². The lowest BCUT2D eigenvalue weighted by Crippen LogP contribution is -2.47. The first-order valence-corrected chi connectivity index (χ1v) is 5.85. The van der Waals surface area contributed by atoms with Gasteiger partial charge in [0.2, 0.25) is 0 Å². The van der Waals surface area contributed by atoms with Gasteiger partial charge in [0.05, 0.1) is 0 Å². The molecular formula is C12H21N3. The van der Waals surface area contributed by atoms with Gasteiger partial charge >= 0.3 is 0 Å². The van der Waals surface area contributed by atoms with Crippen molar-refractivity contribution in [3.63, 3.8) is 0 Å². The Morgan fingerprint density at radius 2 is 2.27 bits per heavy atom. The van der Waals surface area contributed by atoms with Gasteiger partial charge in [0, 0.05) is 31.0 Å². The number of nitrogens with two attached hydrogens (primary N) is 1. The molecule has 1 aliphatic rings. The van der Waals surface area contributed by atoms with Crippen LogP contribution in [0.25, 0.3) is 0 Å². The monoisotopic (exact) mass is 207 g/mol. The van der Waals surface area contributed by atoms with Crippen molar-refractivity contribution in [2.45, 2.75) is 44.3 Å². The average Bonchev–Trinajstić information content (AvgIpc) is 2.71. The molecule has 2 rings (SSSR count). The third-order valence-electron chi connectivity index (χ3n) is 3.44. The molecule has 3 nitrogen and oxygen atoms in total. The van der Waals surface area contributed by atoms with Crippen molar-refractivity contribution in [2.75, 3.05) is 7.05 Å². The zero-order valence-corrected chi connectivity index (χ0v) is 9.45. The second-order valence-electron chi connectivity index (χ2n) is 4.65. The molecule has 3 N–H and O–H groups in total. The summed E-state index contributed by atoms with van der Waals surface area (Å²) in [6.45, 7) is 1.00. The van der Waals surface area contributed by atoms with E-state index in [1.807, 2.05) is 6.20 Å². The minimum atomic E-state index is 0.364. The van der Waals surface area contributed by atoms with Crippen LogP contribution in [0.2, 0.25) is 0 Å². The normalized spacial score (nSPS) is 27.1. The summed E-state index contributed by atoms with van der Waals surface area (Å²) < 4.78 is 0. The van der Waals surface area contributed by atoms with Crippen LogP contribution < -0.4 is 5.73 Å². The van der Waals surface area contributed by atoms with Crippen LogP contribution in [0.5, 0.6) is 0 Å². The van der Waals surface area contributed by atoms with Gasteiger partial charge in [-0.15, -0.1) is 0 Å². The molecule has 2 unspecified atom stereocenters. The summed E-state index contributed by atoms with van der Waals surface area (Å²) in [6, 6.07) is 3.06.